The summed E-state index contributed by atoms with van der Waals surface area (Å²) in [5.41, 5.74) is 0.738. The molecule has 3 amide bonds. The summed E-state index contributed by atoms with van der Waals surface area (Å²) >= 11 is 3.43. The van der Waals surface area contributed by atoms with Gasteiger partial charge in [0.2, 0.25) is 11.8 Å². The SMILES string of the molecule is COc1ccc2c(c1)C(=O)N(C[C@@]1(c3cc4cc(Br)ccc4o3)CC(=O)NC1=O)C2. The molecule has 0 radical (unpaired) electrons. The summed E-state index contributed by atoms with van der Waals surface area (Å²) in [6, 6.07) is 12.6. The number of carbonyl (C=O) groups is 3. The van der Waals surface area contributed by atoms with Gasteiger partial charge in [0.15, 0.2) is 0 Å². The molecule has 2 aliphatic heterocycles. The van der Waals surface area contributed by atoms with Gasteiger partial charge in [0, 0.05) is 28.5 Å². The molecule has 1 atom stereocenters. The molecule has 0 spiro atoms. The number of amides is 3. The first-order valence-electron chi connectivity index (χ1n) is 9.40. The number of hydrogen-bond donors (Lipinski definition) is 1. The lowest BCUT2D eigenvalue weighted by Gasteiger charge is -2.28. The summed E-state index contributed by atoms with van der Waals surface area (Å²) in [5, 5.41) is 3.20. The molecule has 30 heavy (non-hydrogen) atoms. The van der Waals surface area contributed by atoms with E-state index in [0.29, 0.717) is 29.2 Å². The first kappa shape index (κ1) is 18.9. The van der Waals surface area contributed by atoms with Crippen LogP contribution in [-0.4, -0.2) is 36.3 Å². The lowest BCUT2D eigenvalue weighted by molar-refractivity contribution is -0.126. The number of halogens is 1. The number of fused-ring (bicyclic) bond motifs is 2. The molecule has 3 aromatic rings. The van der Waals surface area contributed by atoms with E-state index in [2.05, 4.69) is 21.2 Å². The van der Waals surface area contributed by atoms with Crippen LogP contribution in [0.25, 0.3) is 11.0 Å². The maximum absolute atomic E-state index is 13.0. The standard InChI is InChI=1S/C22H17BrN2O5/c1-29-15-4-2-12-10-25(20(27)16(12)8-15)11-22(9-19(26)24-21(22)28)18-7-13-6-14(23)3-5-17(13)30-18/h2-8H,9-11H2,1H3,(H,24,26,28)/t22-/m1/s1. The van der Waals surface area contributed by atoms with Crippen molar-refractivity contribution in [1.82, 2.24) is 10.2 Å². The van der Waals surface area contributed by atoms with Crippen LogP contribution in [0.4, 0.5) is 0 Å². The minimum Gasteiger partial charge on any atom is -0.497 e. The summed E-state index contributed by atoms with van der Waals surface area (Å²) < 4.78 is 12.1. The number of ether oxygens (including phenoxy) is 1. The van der Waals surface area contributed by atoms with Crippen LogP contribution in [0.15, 0.2) is 51.4 Å². The quantitative estimate of drug-likeness (QED) is 0.594. The normalized spacial score (nSPS) is 20.7. The van der Waals surface area contributed by atoms with Gasteiger partial charge >= 0.3 is 0 Å². The molecule has 1 aromatic heterocycles. The average molecular weight is 469 g/mol. The van der Waals surface area contributed by atoms with E-state index in [4.69, 9.17) is 9.15 Å². The van der Waals surface area contributed by atoms with E-state index in [1.165, 1.54) is 0 Å². The minimum atomic E-state index is -1.27. The molecule has 5 rings (SSSR count). The van der Waals surface area contributed by atoms with Crippen molar-refractivity contribution in [2.45, 2.75) is 18.4 Å². The molecular formula is C22H17BrN2O5. The Balaban J connectivity index is 1.55. The van der Waals surface area contributed by atoms with E-state index < -0.39 is 11.3 Å². The Hall–Kier alpha value is -3.13. The van der Waals surface area contributed by atoms with Gasteiger partial charge in [0.05, 0.1) is 13.5 Å². The van der Waals surface area contributed by atoms with Crippen molar-refractivity contribution in [3.05, 3.63) is 63.8 Å². The fourth-order valence-corrected chi connectivity index (χ4v) is 4.60. The van der Waals surface area contributed by atoms with Crippen LogP contribution >= 0.6 is 15.9 Å². The summed E-state index contributed by atoms with van der Waals surface area (Å²) in [6.07, 6.45) is -0.0731. The van der Waals surface area contributed by atoms with Crippen LogP contribution in [0.2, 0.25) is 0 Å². The Morgan fingerprint density at radius 3 is 2.73 bits per heavy atom. The Labute approximate surface area is 180 Å². The second-order valence-electron chi connectivity index (χ2n) is 7.61. The molecule has 3 heterocycles. The van der Waals surface area contributed by atoms with Crippen LogP contribution in [0.5, 0.6) is 5.75 Å². The average Bonchev–Trinajstić information content (AvgIpc) is 3.36. The van der Waals surface area contributed by atoms with Crippen molar-refractivity contribution in [2.75, 3.05) is 13.7 Å². The van der Waals surface area contributed by atoms with Crippen molar-refractivity contribution in [3.63, 3.8) is 0 Å². The molecule has 0 unspecified atom stereocenters. The number of nitrogens with zero attached hydrogens (tertiary/aromatic N) is 1. The molecule has 1 N–H and O–H groups in total. The number of rotatable bonds is 4. The Bertz CT molecular complexity index is 1230. The van der Waals surface area contributed by atoms with Crippen LogP contribution in [0.3, 0.4) is 0 Å². The Morgan fingerprint density at radius 2 is 2.00 bits per heavy atom. The van der Waals surface area contributed by atoms with E-state index >= 15 is 0 Å². The van der Waals surface area contributed by atoms with E-state index in [-0.39, 0.29) is 24.8 Å². The molecule has 0 saturated carbocycles. The minimum absolute atomic E-state index is 0.0430. The van der Waals surface area contributed by atoms with Gasteiger partial charge in [-0.15, -0.1) is 0 Å². The molecular weight excluding hydrogens is 452 g/mol. The van der Waals surface area contributed by atoms with Crippen molar-refractivity contribution in [1.29, 1.82) is 0 Å². The highest BCUT2D eigenvalue weighted by molar-refractivity contribution is 9.10. The third kappa shape index (κ3) is 2.82. The fraction of sp³-hybridized carbons (Fsp3) is 0.227. The van der Waals surface area contributed by atoms with E-state index in [1.807, 2.05) is 18.2 Å². The Kier molecular flexibility index (Phi) is 4.21. The summed E-state index contributed by atoms with van der Waals surface area (Å²) in [7, 11) is 1.54. The molecule has 8 heteroatoms. The van der Waals surface area contributed by atoms with Gasteiger partial charge in [0.25, 0.3) is 5.91 Å². The number of carbonyl (C=O) groups excluding carboxylic acids is 3. The highest BCUT2D eigenvalue weighted by atomic mass is 79.9. The van der Waals surface area contributed by atoms with Crippen LogP contribution in [-0.2, 0) is 21.5 Å². The van der Waals surface area contributed by atoms with E-state index in [0.717, 1.165) is 15.4 Å². The van der Waals surface area contributed by atoms with E-state index in [1.54, 1.807) is 36.3 Å². The highest BCUT2D eigenvalue weighted by Gasteiger charge is 2.53. The van der Waals surface area contributed by atoms with Gasteiger partial charge in [-0.25, -0.2) is 0 Å². The largest absolute Gasteiger partial charge is 0.497 e. The van der Waals surface area contributed by atoms with Gasteiger partial charge in [-0.1, -0.05) is 22.0 Å². The zero-order valence-electron chi connectivity index (χ0n) is 16.0. The monoisotopic (exact) mass is 468 g/mol. The molecule has 152 valence electrons. The maximum atomic E-state index is 13.0. The summed E-state index contributed by atoms with van der Waals surface area (Å²) in [6.45, 7) is 0.397. The molecule has 0 aliphatic carbocycles. The summed E-state index contributed by atoms with van der Waals surface area (Å²) in [5.74, 6) is -0.0655. The number of furan rings is 1. The lowest BCUT2D eigenvalue weighted by Crippen LogP contribution is -2.46. The first-order valence-corrected chi connectivity index (χ1v) is 10.2. The second kappa shape index (κ2) is 6.70. The third-order valence-corrected chi connectivity index (χ3v) is 6.25. The van der Waals surface area contributed by atoms with E-state index in [9.17, 15) is 14.4 Å². The van der Waals surface area contributed by atoms with Crippen molar-refractivity contribution >= 4 is 44.6 Å². The van der Waals surface area contributed by atoms with Gasteiger partial charge in [-0.05, 0) is 42.0 Å². The second-order valence-corrected chi connectivity index (χ2v) is 8.53. The summed E-state index contributed by atoms with van der Waals surface area (Å²) in [4.78, 5) is 39.8. The topological polar surface area (TPSA) is 88.8 Å². The molecule has 1 saturated heterocycles. The fourth-order valence-electron chi connectivity index (χ4n) is 4.22. The third-order valence-electron chi connectivity index (χ3n) is 5.76. The molecule has 2 aliphatic rings. The van der Waals surface area contributed by atoms with Crippen molar-refractivity contribution < 1.29 is 23.5 Å². The van der Waals surface area contributed by atoms with Gasteiger partial charge in [-0.2, -0.15) is 0 Å². The van der Waals surface area contributed by atoms with Gasteiger partial charge in [-0.3, -0.25) is 19.7 Å². The highest BCUT2D eigenvalue weighted by Crippen LogP contribution is 2.39. The molecule has 7 nitrogen and oxygen atoms in total. The molecule has 1 fully saturated rings. The smallest absolute Gasteiger partial charge is 0.254 e. The lowest BCUT2D eigenvalue weighted by atomic mass is 9.82. The Morgan fingerprint density at radius 1 is 1.17 bits per heavy atom. The number of hydrogen-bond acceptors (Lipinski definition) is 5. The predicted octanol–water partition coefficient (Wildman–Crippen LogP) is 3.14. The van der Waals surface area contributed by atoms with Crippen LogP contribution < -0.4 is 10.1 Å². The van der Waals surface area contributed by atoms with Gasteiger partial charge in [0.1, 0.15) is 22.5 Å². The number of imide groups is 1. The number of nitrogens with one attached hydrogen (secondary N) is 1. The van der Waals surface area contributed by atoms with Gasteiger partial charge < -0.3 is 14.1 Å². The van der Waals surface area contributed by atoms with Crippen LogP contribution in [0.1, 0.15) is 28.1 Å². The maximum Gasteiger partial charge on any atom is 0.254 e. The van der Waals surface area contributed by atoms with Crippen molar-refractivity contribution in [3.8, 4) is 5.75 Å². The predicted molar refractivity (Wildman–Crippen MR) is 111 cm³/mol. The molecule has 0 bridgehead atoms. The zero-order valence-corrected chi connectivity index (χ0v) is 17.6. The number of benzene rings is 2. The first-order chi connectivity index (χ1) is 14.4. The molecule has 2 aromatic carbocycles. The van der Waals surface area contributed by atoms with Crippen molar-refractivity contribution in [2.24, 2.45) is 0 Å². The zero-order chi connectivity index (χ0) is 21.0. The number of methoxy groups -OCH3 is 1. The van der Waals surface area contributed by atoms with Crippen LogP contribution in [0, 0.1) is 0 Å².